The molecular formula is C18H19ClN6O2S. The van der Waals surface area contributed by atoms with Crippen LogP contribution in [0.2, 0.25) is 5.02 Å². The number of thioether (sulfide) groups is 1. The van der Waals surface area contributed by atoms with Crippen molar-refractivity contribution in [1.82, 2.24) is 19.7 Å². The van der Waals surface area contributed by atoms with Crippen LogP contribution < -0.4 is 10.2 Å². The highest BCUT2D eigenvalue weighted by atomic mass is 35.5. The SMILES string of the molecule is O=C(CSc1nnc(N2CCCC2)n1Cc1ccco1)Nc1ccc(Cl)cn1. The van der Waals surface area contributed by atoms with Crippen LogP contribution in [0.4, 0.5) is 11.8 Å². The first-order chi connectivity index (χ1) is 13.7. The van der Waals surface area contributed by atoms with E-state index in [1.54, 1.807) is 18.4 Å². The number of carbonyl (C=O) groups excluding carboxylic acids is 1. The molecule has 0 atom stereocenters. The minimum atomic E-state index is -0.171. The van der Waals surface area contributed by atoms with Crippen molar-refractivity contribution >= 4 is 41.0 Å². The Kier molecular flexibility index (Phi) is 5.82. The summed E-state index contributed by atoms with van der Waals surface area (Å²) < 4.78 is 7.49. The lowest BCUT2D eigenvalue weighted by Crippen LogP contribution is -2.23. The topological polar surface area (TPSA) is 89.1 Å². The molecule has 0 spiro atoms. The summed E-state index contributed by atoms with van der Waals surface area (Å²) >= 11 is 7.15. The molecule has 1 aliphatic rings. The summed E-state index contributed by atoms with van der Waals surface area (Å²) in [5.41, 5.74) is 0. The third kappa shape index (κ3) is 4.48. The Morgan fingerprint density at radius 3 is 2.82 bits per heavy atom. The Labute approximate surface area is 171 Å². The lowest BCUT2D eigenvalue weighted by molar-refractivity contribution is -0.113. The molecule has 8 nitrogen and oxygen atoms in total. The van der Waals surface area contributed by atoms with Crippen molar-refractivity contribution in [2.45, 2.75) is 24.5 Å². The van der Waals surface area contributed by atoms with E-state index >= 15 is 0 Å². The van der Waals surface area contributed by atoms with Crippen molar-refractivity contribution in [1.29, 1.82) is 0 Å². The fourth-order valence-electron chi connectivity index (χ4n) is 2.99. The second-order valence-electron chi connectivity index (χ2n) is 6.34. The van der Waals surface area contributed by atoms with E-state index in [1.165, 1.54) is 18.0 Å². The highest BCUT2D eigenvalue weighted by Gasteiger charge is 2.22. The second kappa shape index (κ2) is 8.66. The van der Waals surface area contributed by atoms with Crippen molar-refractivity contribution in [2.24, 2.45) is 0 Å². The largest absolute Gasteiger partial charge is 0.467 e. The van der Waals surface area contributed by atoms with E-state index in [0.717, 1.165) is 37.6 Å². The molecule has 3 aromatic rings. The zero-order valence-electron chi connectivity index (χ0n) is 15.0. The molecule has 1 fully saturated rings. The minimum Gasteiger partial charge on any atom is -0.467 e. The van der Waals surface area contributed by atoms with E-state index in [2.05, 4.69) is 25.4 Å². The van der Waals surface area contributed by atoms with E-state index in [9.17, 15) is 4.79 Å². The maximum atomic E-state index is 12.3. The highest BCUT2D eigenvalue weighted by Crippen LogP contribution is 2.26. The summed E-state index contributed by atoms with van der Waals surface area (Å²) in [7, 11) is 0. The number of amides is 1. The van der Waals surface area contributed by atoms with E-state index in [0.29, 0.717) is 22.5 Å². The van der Waals surface area contributed by atoms with Gasteiger partial charge in [0.15, 0.2) is 5.16 Å². The van der Waals surface area contributed by atoms with Gasteiger partial charge in [-0.2, -0.15) is 0 Å². The van der Waals surface area contributed by atoms with Crippen LogP contribution in [0.1, 0.15) is 18.6 Å². The van der Waals surface area contributed by atoms with Gasteiger partial charge < -0.3 is 14.6 Å². The standard InChI is InChI=1S/C18H19ClN6O2S/c19-13-5-6-15(20-10-13)21-16(26)12-28-18-23-22-17(24-7-1-2-8-24)25(18)11-14-4-3-9-27-14/h3-6,9-10H,1-2,7-8,11-12H2,(H,20,21,26). The second-order valence-corrected chi connectivity index (χ2v) is 7.72. The molecular weight excluding hydrogens is 400 g/mol. The first-order valence-corrected chi connectivity index (χ1v) is 10.3. The van der Waals surface area contributed by atoms with Gasteiger partial charge in [0.25, 0.3) is 0 Å². The summed E-state index contributed by atoms with van der Waals surface area (Å²) in [6.45, 7) is 2.45. The fourth-order valence-corrected chi connectivity index (χ4v) is 3.84. The van der Waals surface area contributed by atoms with E-state index in [1.807, 2.05) is 16.7 Å². The van der Waals surface area contributed by atoms with Gasteiger partial charge in [0, 0.05) is 19.3 Å². The number of halogens is 1. The van der Waals surface area contributed by atoms with Gasteiger partial charge in [-0.3, -0.25) is 9.36 Å². The Morgan fingerprint density at radius 2 is 2.11 bits per heavy atom. The summed E-state index contributed by atoms with van der Waals surface area (Å²) in [6, 6.07) is 7.12. The van der Waals surface area contributed by atoms with Crippen LogP contribution in [0.5, 0.6) is 0 Å². The lowest BCUT2D eigenvalue weighted by Gasteiger charge is -2.17. The molecule has 0 unspecified atom stereocenters. The monoisotopic (exact) mass is 418 g/mol. The molecule has 4 rings (SSSR count). The predicted molar refractivity (Wildman–Crippen MR) is 108 cm³/mol. The Balaban J connectivity index is 1.45. The zero-order chi connectivity index (χ0) is 19.3. The average molecular weight is 419 g/mol. The third-order valence-electron chi connectivity index (χ3n) is 4.31. The summed E-state index contributed by atoms with van der Waals surface area (Å²) in [5.74, 6) is 2.12. The van der Waals surface area contributed by atoms with Gasteiger partial charge in [-0.05, 0) is 37.1 Å². The van der Waals surface area contributed by atoms with Crippen molar-refractivity contribution in [3.05, 3.63) is 47.5 Å². The van der Waals surface area contributed by atoms with Gasteiger partial charge in [-0.25, -0.2) is 4.98 Å². The number of anilines is 2. The van der Waals surface area contributed by atoms with Gasteiger partial charge in [0.2, 0.25) is 11.9 Å². The van der Waals surface area contributed by atoms with E-state index in [4.69, 9.17) is 16.0 Å². The number of hydrogen-bond donors (Lipinski definition) is 1. The number of nitrogens with one attached hydrogen (secondary N) is 1. The Hall–Kier alpha value is -2.52. The van der Waals surface area contributed by atoms with Gasteiger partial charge in [0.05, 0.1) is 23.6 Å². The first kappa shape index (κ1) is 18.8. The van der Waals surface area contributed by atoms with Crippen molar-refractivity contribution in [3.8, 4) is 0 Å². The number of aromatic nitrogens is 4. The van der Waals surface area contributed by atoms with Crippen LogP contribution >= 0.6 is 23.4 Å². The fraction of sp³-hybridized carbons (Fsp3) is 0.333. The van der Waals surface area contributed by atoms with Gasteiger partial charge >= 0.3 is 0 Å². The summed E-state index contributed by atoms with van der Waals surface area (Å²) in [4.78, 5) is 18.6. The molecule has 1 saturated heterocycles. The van der Waals surface area contributed by atoms with Gasteiger partial charge in [-0.1, -0.05) is 23.4 Å². The minimum absolute atomic E-state index is 0.171. The van der Waals surface area contributed by atoms with Crippen LogP contribution in [0.15, 0.2) is 46.3 Å². The highest BCUT2D eigenvalue weighted by molar-refractivity contribution is 7.99. The molecule has 146 valence electrons. The van der Waals surface area contributed by atoms with E-state index in [-0.39, 0.29) is 11.7 Å². The van der Waals surface area contributed by atoms with E-state index < -0.39 is 0 Å². The molecule has 1 N–H and O–H groups in total. The van der Waals surface area contributed by atoms with Crippen molar-refractivity contribution in [2.75, 3.05) is 29.1 Å². The average Bonchev–Trinajstić information content (AvgIpc) is 3.44. The van der Waals surface area contributed by atoms with Crippen molar-refractivity contribution < 1.29 is 9.21 Å². The zero-order valence-corrected chi connectivity index (χ0v) is 16.6. The molecule has 0 bridgehead atoms. The number of hydrogen-bond acceptors (Lipinski definition) is 7. The molecule has 1 aliphatic heterocycles. The van der Waals surface area contributed by atoms with Crippen LogP contribution in [-0.2, 0) is 11.3 Å². The van der Waals surface area contributed by atoms with Crippen molar-refractivity contribution in [3.63, 3.8) is 0 Å². The number of rotatable bonds is 7. The number of pyridine rings is 1. The molecule has 1 amide bonds. The van der Waals surface area contributed by atoms with Crippen LogP contribution in [0.25, 0.3) is 0 Å². The maximum absolute atomic E-state index is 12.3. The van der Waals surface area contributed by atoms with Gasteiger partial charge in [0.1, 0.15) is 11.6 Å². The summed E-state index contributed by atoms with van der Waals surface area (Å²) in [5, 5.41) is 12.6. The molecule has 10 heteroatoms. The molecule has 0 saturated carbocycles. The summed E-state index contributed by atoms with van der Waals surface area (Å²) in [6.07, 6.45) is 5.43. The maximum Gasteiger partial charge on any atom is 0.236 e. The van der Waals surface area contributed by atoms with Gasteiger partial charge in [-0.15, -0.1) is 10.2 Å². The van der Waals surface area contributed by atoms with Crippen LogP contribution in [0, 0.1) is 0 Å². The third-order valence-corrected chi connectivity index (χ3v) is 5.50. The molecule has 4 heterocycles. The number of carbonyl (C=O) groups is 1. The first-order valence-electron chi connectivity index (χ1n) is 8.94. The quantitative estimate of drug-likeness (QED) is 0.589. The molecule has 0 aromatic carbocycles. The lowest BCUT2D eigenvalue weighted by atomic mass is 10.4. The smallest absolute Gasteiger partial charge is 0.236 e. The number of nitrogens with zero attached hydrogens (tertiary/aromatic N) is 5. The molecule has 0 radical (unpaired) electrons. The van der Waals surface area contributed by atoms with Crippen LogP contribution in [-0.4, -0.2) is 44.5 Å². The molecule has 3 aromatic heterocycles. The molecule has 0 aliphatic carbocycles. The number of furan rings is 1. The normalized spacial score (nSPS) is 13.8. The predicted octanol–water partition coefficient (Wildman–Crippen LogP) is 3.30. The Bertz CT molecular complexity index is 922. The molecule has 28 heavy (non-hydrogen) atoms. The Morgan fingerprint density at radius 1 is 1.25 bits per heavy atom. The van der Waals surface area contributed by atoms with Crippen LogP contribution in [0.3, 0.4) is 0 Å².